The number of aliphatic hydroxyl groups is 1. The smallest absolute Gasteiger partial charge is 0.396 e. The molecule has 0 radical (unpaired) electrons. The monoisotopic (exact) mass is 520 g/mol. The first-order valence-electron chi connectivity index (χ1n) is 14.5. The zero-order valence-corrected chi connectivity index (χ0v) is 24.3. The molecule has 36 heavy (non-hydrogen) atoms. The molecule has 0 aromatic carbocycles. The summed E-state index contributed by atoms with van der Waals surface area (Å²) < 4.78 is 35.8. The fourth-order valence-electron chi connectivity index (χ4n) is 11.3. The summed E-state index contributed by atoms with van der Waals surface area (Å²) in [5.74, 6) is 1.34. The van der Waals surface area contributed by atoms with Crippen LogP contribution in [0.4, 0.5) is 0 Å². The number of rotatable bonds is 1. The van der Waals surface area contributed by atoms with Gasteiger partial charge in [0.15, 0.2) is 0 Å². The summed E-state index contributed by atoms with van der Waals surface area (Å²) in [5, 5.41) is 10.7. The minimum Gasteiger partial charge on any atom is -0.396 e. The third-order valence-corrected chi connectivity index (χ3v) is 14.4. The van der Waals surface area contributed by atoms with E-state index in [1.807, 2.05) is 0 Å². The van der Waals surface area contributed by atoms with Gasteiger partial charge in [0.05, 0.1) is 0 Å². The van der Waals surface area contributed by atoms with E-state index in [-0.39, 0.29) is 39.3 Å². The summed E-state index contributed by atoms with van der Waals surface area (Å²) in [6.07, 6.45) is 11.7. The molecule has 4 saturated carbocycles. The average molecular weight is 521 g/mol. The van der Waals surface area contributed by atoms with Crippen molar-refractivity contribution in [1.29, 1.82) is 0 Å². The van der Waals surface area contributed by atoms with Gasteiger partial charge in [0.2, 0.25) is 0 Å². The van der Waals surface area contributed by atoms with Crippen molar-refractivity contribution < 1.29 is 21.9 Å². The molecule has 1 heterocycles. The maximum absolute atomic E-state index is 12.3. The molecule has 6 aliphatic rings. The van der Waals surface area contributed by atoms with Gasteiger partial charge in [-0.1, -0.05) is 60.1 Å². The number of hydrogen-bond acceptors (Lipinski definition) is 5. The van der Waals surface area contributed by atoms with Gasteiger partial charge in [0.25, 0.3) is 0 Å². The van der Waals surface area contributed by atoms with Crippen LogP contribution in [-0.4, -0.2) is 32.3 Å². The van der Waals surface area contributed by atoms with E-state index in [2.05, 4.69) is 54.5 Å². The van der Waals surface area contributed by atoms with Gasteiger partial charge in [0.1, 0.15) is 12.2 Å². The second-order valence-electron chi connectivity index (χ2n) is 15.8. The molecular formula is C30H48O5S. The molecule has 6 heteroatoms. The summed E-state index contributed by atoms with van der Waals surface area (Å²) in [4.78, 5) is 0. The van der Waals surface area contributed by atoms with E-state index in [4.69, 9.17) is 8.37 Å². The van der Waals surface area contributed by atoms with Crippen molar-refractivity contribution in [2.24, 2.45) is 50.2 Å². The lowest BCUT2D eigenvalue weighted by Crippen LogP contribution is -2.66. The molecule has 5 fully saturated rings. The summed E-state index contributed by atoms with van der Waals surface area (Å²) in [5.41, 5.74) is 2.00. The summed E-state index contributed by atoms with van der Waals surface area (Å²) in [7, 11) is -3.91. The highest BCUT2D eigenvalue weighted by Gasteiger charge is 2.71. The van der Waals surface area contributed by atoms with Gasteiger partial charge in [-0.15, -0.1) is 0 Å². The van der Waals surface area contributed by atoms with Gasteiger partial charge in [-0.3, -0.25) is 0 Å². The quantitative estimate of drug-likeness (QED) is 0.404. The first kappa shape index (κ1) is 25.8. The van der Waals surface area contributed by atoms with Crippen LogP contribution in [0.5, 0.6) is 0 Å². The minimum atomic E-state index is -3.91. The van der Waals surface area contributed by atoms with Crippen molar-refractivity contribution in [3.63, 3.8) is 0 Å². The second-order valence-corrected chi connectivity index (χ2v) is 17.0. The Hall–Kier alpha value is -0.430. The van der Waals surface area contributed by atoms with Crippen molar-refractivity contribution in [3.05, 3.63) is 11.6 Å². The topological polar surface area (TPSA) is 72.8 Å². The largest absolute Gasteiger partial charge is 0.400 e. The Balaban J connectivity index is 1.43. The minimum absolute atomic E-state index is 0.0106. The van der Waals surface area contributed by atoms with E-state index in [0.29, 0.717) is 29.8 Å². The standard InChI is InChI=1S/C30H48O5S/c1-25(2)12-14-30(18-31)15-13-28(6)19(20(30)16-25)8-9-23-27(5)17-21-24(35-36(32,33)34-21)26(3,4)22(27)10-11-29(23,28)7/h8,20-24,31H,9-18H2,1-7H3/t20-,21+,22-,23+,24-,27-,28+,29+,30+/m0/s1. The van der Waals surface area contributed by atoms with Gasteiger partial charge in [-0.2, -0.15) is 8.42 Å². The highest BCUT2D eigenvalue weighted by atomic mass is 32.3. The Morgan fingerprint density at radius 3 is 2.31 bits per heavy atom. The molecule has 9 atom stereocenters. The van der Waals surface area contributed by atoms with E-state index in [1.165, 1.54) is 19.3 Å². The molecule has 0 amide bonds. The molecule has 1 saturated heterocycles. The van der Waals surface area contributed by atoms with Gasteiger partial charge >= 0.3 is 10.4 Å². The first-order valence-corrected chi connectivity index (χ1v) is 15.8. The van der Waals surface area contributed by atoms with E-state index >= 15 is 0 Å². The Morgan fingerprint density at radius 1 is 0.917 bits per heavy atom. The molecule has 0 aromatic rings. The fourth-order valence-corrected chi connectivity index (χ4v) is 12.4. The van der Waals surface area contributed by atoms with Crippen molar-refractivity contribution >= 4 is 10.4 Å². The molecule has 1 aliphatic heterocycles. The highest BCUT2D eigenvalue weighted by Crippen LogP contribution is 2.76. The molecule has 204 valence electrons. The zero-order valence-electron chi connectivity index (χ0n) is 23.5. The lowest BCUT2D eigenvalue weighted by Gasteiger charge is -2.71. The van der Waals surface area contributed by atoms with E-state index < -0.39 is 10.4 Å². The van der Waals surface area contributed by atoms with Crippen molar-refractivity contribution in [2.45, 2.75) is 118 Å². The van der Waals surface area contributed by atoms with E-state index in [1.54, 1.807) is 5.57 Å². The Kier molecular flexibility index (Phi) is 5.31. The van der Waals surface area contributed by atoms with Crippen molar-refractivity contribution in [3.8, 4) is 0 Å². The summed E-state index contributed by atoms with van der Waals surface area (Å²) >= 11 is 0. The van der Waals surface area contributed by atoms with Crippen molar-refractivity contribution in [1.82, 2.24) is 0 Å². The van der Waals surface area contributed by atoms with Crippen molar-refractivity contribution in [2.75, 3.05) is 6.61 Å². The molecule has 0 unspecified atom stereocenters. The third kappa shape index (κ3) is 3.14. The predicted molar refractivity (Wildman–Crippen MR) is 140 cm³/mol. The predicted octanol–water partition coefficient (Wildman–Crippen LogP) is 6.42. The van der Waals surface area contributed by atoms with Gasteiger partial charge in [-0.05, 0) is 103 Å². The van der Waals surface area contributed by atoms with Crippen LogP contribution in [0.25, 0.3) is 0 Å². The lowest BCUT2D eigenvalue weighted by atomic mass is 9.33. The molecule has 0 aromatic heterocycles. The highest BCUT2D eigenvalue weighted by molar-refractivity contribution is 7.82. The van der Waals surface area contributed by atoms with Crippen LogP contribution in [0.3, 0.4) is 0 Å². The fraction of sp³-hybridized carbons (Fsp3) is 0.933. The van der Waals surface area contributed by atoms with Crippen LogP contribution in [0, 0.1) is 50.2 Å². The SMILES string of the molecule is CC1(C)CC[C@]2(CO)CC[C@]3(C)C(=CC[C@@H]4[C@@]5(C)C[C@H]6OS(=O)(=O)O[C@@H]6C(C)(C)[C@@H]5CC[C@]43C)[C@@H]2C1. The number of hydrogen-bond donors (Lipinski definition) is 1. The van der Waals surface area contributed by atoms with Crippen LogP contribution in [-0.2, 0) is 18.8 Å². The Bertz CT molecular complexity index is 1090. The molecule has 6 rings (SSSR count). The third-order valence-electron chi connectivity index (χ3n) is 13.5. The summed E-state index contributed by atoms with van der Waals surface area (Å²) in [6, 6.07) is 0. The van der Waals surface area contributed by atoms with Crippen LogP contribution >= 0.6 is 0 Å². The second kappa shape index (κ2) is 7.40. The lowest BCUT2D eigenvalue weighted by molar-refractivity contribution is -0.211. The number of fused-ring (bicyclic) bond motifs is 8. The maximum Gasteiger partial charge on any atom is 0.400 e. The first-order chi connectivity index (χ1) is 16.5. The van der Waals surface area contributed by atoms with Crippen LogP contribution in [0.15, 0.2) is 11.6 Å². The van der Waals surface area contributed by atoms with E-state index in [9.17, 15) is 13.5 Å². The Morgan fingerprint density at radius 2 is 1.61 bits per heavy atom. The van der Waals surface area contributed by atoms with Crippen LogP contribution < -0.4 is 0 Å². The molecule has 1 N–H and O–H groups in total. The van der Waals surface area contributed by atoms with Gasteiger partial charge < -0.3 is 5.11 Å². The zero-order chi connectivity index (χ0) is 26.2. The van der Waals surface area contributed by atoms with Crippen LogP contribution in [0.2, 0.25) is 0 Å². The van der Waals surface area contributed by atoms with Gasteiger partial charge in [0, 0.05) is 12.0 Å². The molecule has 5 nitrogen and oxygen atoms in total. The Labute approximate surface area is 219 Å². The number of allylic oxidation sites excluding steroid dienone is 2. The number of aliphatic hydroxyl groups excluding tert-OH is 1. The molecule has 0 bridgehead atoms. The molecular weight excluding hydrogens is 472 g/mol. The maximum atomic E-state index is 12.3. The van der Waals surface area contributed by atoms with E-state index in [0.717, 1.165) is 38.5 Å². The average Bonchev–Trinajstić information content (AvgIpc) is 3.08. The van der Waals surface area contributed by atoms with Crippen LogP contribution in [0.1, 0.15) is 106 Å². The molecule has 0 spiro atoms. The molecule has 5 aliphatic carbocycles. The summed E-state index contributed by atoms with van der Waals surface area (Å²) in [6.45, 7) is 17.1. The van der Waals surface area contributed by atoms with Gasteiger partial charge in [-0.25, -0.2) is 8.37 Å². The normalized spacial score (nSPS) is 54.2.